The second-order valence-corrected chi connectivity index (χ2v) is 6.34. The Morgan fingerprint density at radius 1 is 1.00 bits per heavy atom. The first kappa shape index (κ1) is 17.1. The van der Waals surface area contributed by atoms with Crippen LogP contribution in [0, 0.1) is 0 Å². The number of nitrogens with two attached hydrogens (primary N) is 1. The first-order valence-corrected chi connectivity index (χ1v) is 7.93. The van der Waals surface area contributed by atoms with Crippen LogP contribution in [-0.4, -0.2) is 30.6 Å². The maximum absolute atomic E-state index is 12.3. The van der Waals surface area contributed by atoms with Gasteiger partial charge in [-0.05, 0) is 42.5 Å². The van der Waals surface area contributed by atoms with Crippen LogP contribution in [0.15, 0.2) is 47.4 Å². The lowest BCUT2D eigenvalue weighted by Crippen LogP contribution is -2.16. The topological polar surface area (TPSA) is 159 Å². The third-order valence-electron chi connectivity index (χ3n) is 2.93. The van der Waals surface area contributed by atoms with Crippen LogP contribution >= 0.6 is 0 Å². The molecule has 0 saturated carbocycles. The molecule has 0 radical (unpaired) electrons. The van der Waals surface area contributed by atoms with Crippen LogP contribution in [0.5, 0.6) is 5.75 Å². The van der Waals surface area contributed by atoms with Crippen LogP contribution in [-0.2, 0) is 10.0 Å². The van der Waals surface area contributed by atoms with Gasteiger partial charge in [-0.2, -0.15) is 0 Å². The van der Waals surface area contributed by atoms with Crippen LogP contribution in [0.25, 0.3) is 0 Å². The number of phenols is 1. The van der Waals surface area contributed by atoms with E-state index in [1.807, 2.05) is 0 Å². The van der Waals surface area contributed by atoms with Crippen molar-refractivity contribution in [1.82, 2.24) is 0 Å². The Morgan fingerprint density at radius 3 is 2.12 bits per heavy atom. The predicted molar refractivity (Wildman–Crippen MR) is 85.5 cm³/mol. The second-order valence-electron chi connectivity index (χ2n) is 4.66. The number of aromatic hydroxyl groups is 1. The summed E-state index contributed by atoms with van der Waals surface area (Å²) < 4.78 is 26.9. The molecule has 0 aliphatic heterocycles. The van der Waals surface area contributed by atoms with E-state index >= 15 is 0 Å². The monoisotopic (exact) mass is 351 g/mol. The van der Waals surface area contributed by atoms with Crippen LogP contribution < -0.4 is 15.8 Å². The summed E-state index contributed by atoms with van der Waals surface area (Å²) in [6, 6.07) is 8.59. The minimum Gasteiger partial charge on any atom is -0.507 e. The average Bonchev–Trinajstić information content (AvgIpc) is 2.48. The van der Waals surface area contributed by atoms with Crippen molar-refractivity contribution in [2.45, 2.75) is 4.90 Å². The minimum absolute atomic E-state index is 0.180. The fourth-order valence-corrected chi connectivity index (χ4v) is 2.92. The highest BCUT2D eigenvalue weighted by molar-refractivity contribution is 7.92. The average molecular weight is 351 g/mol. The molecule has 10 heteroatoms. The predicted octanol–water partition coefficient (Wildman–Crippen LogP) is 1.38. The number of hydrogen-bond donors (Lipinski definition) is 5. The molecule has 0 saturated heterocycles. The largest absolute Gasteiger partial charge is 0.507 e. The molecule has 0 aliphatic carbocycles. The summed E-state index contributed by atoms with van der Waals surface area (Å²) in [6.45, 7) is 0. The molecule has 2 rings (SSSR count). The molecule has 0 fully saturated rings. The number of hydrogen-bond acceptors (Lipinski definition) is 5. The zero-order valence-electron chi connectivity index (χ0n) is 12.1. The molecule has 6 N–H and O–H groups in total. The van der Waals surface area contributed by atoms with E-state index in [1.54, 1.807) is 0 Å². The third kappa shape index (κ3) is 3.93. The van der Waals surface area contributed by atoms with Crippen molar-refractivity contribution >= 4 is 33.4 Å². The number of rotatable bonds is 5. The number of carbonyl (C=O) groups is 2. The smallest absolute Gasteiger partial charge is 0.409 e. The summed E-state index contributed by atoms with van der Waals surface area (Å²) in [5.74, 6) is -1.39. The molecule has 0 atom stereocenters. The minimum atomic E-state index is -4.03. The van der Waals surface area contributed by atoms with Gasteiger partial charge in [0.05, 0.1) is 10.5 Å². The molecular formula is C14H13N3O6S. The zero-order valence-corrected chi connectivity index (χ0v) is 12.9. The van der Waals surface area contributed by atoms with Gasteiger partial charge in [0.2, 0.25) is 0 Å². The van der Waals surface area contributed by atoms with Gasteiger partial charge < -0.3 is 15.9 Å². The van der Waals surface area contributed by atoms with Crippen molar-refractivity contribution in [3.63, 3.8) is 0 Å². The van der Waals surface area contributed by atoms with Crippen molar-refractivity contribution in [1.29, 1.82) is 0 Å². The first-order chi connectivity index (χ1) is 11.2. The van der Waals surface area contributed by atoms with E-state index in [0.29, 0.717) is 0 Å². The number of anilines is 2. The second kappa shape index (κ2) is 6.46. The van der Waals surface area contributed by atoms with E-state index in [0.717, 1.165) is 18.2 Å². The maximum atomic E-state index is 12.3. The Labute approximate surface area is 136 Å². The summed E-state index contributed by atoms with van der Waals surface area (Å²) in [4.78, 5) is 21.4. The number of benzene rings is 2. The molecule has 0 aromatic heterocycles. The Bertz CT molecular complexity index is 893. The molecule has 126 valence electrons. The summed E-state index contributed by atoms with van der Waals surface area (Å²) in [5.41, 5.74) is 5.20. The number of carbonyl (C=O) groups excluding carboxylic acids is 1. The Morgan fingerprint density at radius 2 is 1.58 bits per heavy atom. The van der Waals surface area contributed by atoms with Gasteiger partial charge in [0, 0.05) is 11.4 Å². The quantitative estimate of drug-likeness (QED) is 0.547. The molecule has 0 bridgehead atoms. The fraction of sp³-hybridized carbons (Fsp3) is 0. The van der Waals surface area contributed by atoms with Gasteiger partial charge in [-0.1, -0.05) is 0 Å². The van der Waals surface area contributed by atoms with E-state index < -0.39 is 27.8 Å². The van der Waals surface area contributed by atoms with Crippen LogP contribution in [0.2, 0.25) is 0 Å². The van der Waals surface area contributed by atoms with E-state index in [2.05, 4.69) is 10.0 Å². The highest BCUT2D eigenvalue weighted by Crippen LogP contribution is 2.23. The highest BCUT2D eigenvalue weighted by atomic mass is 32.2. The van der Waals surface area contributed by atoms with E-state index in [4.69, 9.17) is 10.8 Å². The highest BCUT2D eigenvalue weighted by Gasteiger charge is 2.18. The summed E-state index contributed by atoms with van der Waals surface area (Å²) in [7, 11) is -4.03. The normalized spacial score (nSPS) is 10.8. The molecule has 0 spiro atoms. The molecule has 0 heterocycles. The van der Waals surface area contributed by atoms with Gasteiger partial charge in [-0.25, -0.2) is 13.2 Å². The van der Waals surface area contributed by atoms with Crippen molar-refractivity contribution in [3.05, 3.63) is 48.0 Å². The molecule has 0 unspecified atom stereocenters. The Hall–Kier alpha value is -3.27. The third-order valence-corrected chi connectivity index (χ3v) is 4.31. The number of sulfonamides is 1. The summed E-state index contributed by atoms with van der Waals surface area (Å²) in [5, 5.41) is 20.2. The maximum Gasteiger partial charge on any atom is 0.409 e. The lowest BCUT2D eigenvalue weighted by molar-refractivity contribution is 0.0997. The number of primary amides is 1. The van der Waals surface area contributed by atoms with Gasteiger partial charge >= 0.3 is 6.09 Å². The molecule has 2 aromatic carbocycles. The van der Waals surface area contributed by atoms with Crippen molar-refractivity contribution < 1.29 is 28.2 Å². The lowest BCUT2D eigenvalue weighted by atomic mass is 10.2. The van der Waals surface area contributed by atoms with E-state index in [-0.39, 0.29) is 21.8 Å². The van der Waals surface area contributed by atoms with Crippen LogP contribution in [0.1, 0.15) is 10.4 Å². The van der Waals surface area contributed by atoms with Gasteiger partial charge in [-0.15, -0.1) is 0 Å². The standard InChI is InChI=1S/C14H13N3O6S/c15-13(19)11-7-10(5-6-12(11)18)24(22,23)17-9-3-1-8(2-4-9)16-14(20)21/h1-7,16-18H,(H2,15,19)(H,20,21). The van der Waals surface area contributed by atoms with Gasteiger partial charge in [0.1, 0.15) is 5.75 Å². The van der Waals surface area contributed by atoms with Gasteiger partial charge in [-0.3, -0.25) is 14.8 Å². The molecule has 2 aromatic rings. The molecule has 9 nitrogen and oxygen atoms in total. The molecule has 2 amide bonds. The van der Waals surface area contributed by atoms with Crippen LogP contribution in [0.3, 0.4) is 0 Å². The number of carboxylic acid groups (broad SMARTS) is 1. The number of amides is 2. The van der Waals surface area contributed by atoms with E-state index in [1.165, 1.54) is 24.3 Å². The van der Waals surface area contributed by atoms with Gasteiger partial charge in [0.25, 0.3) is 15.9 Å². The van der Waals surface area contributed by atoms with Crippen molar-refractivity contribution in [2.24, 2.45) is 5.73 Å². The first-order valence-electron chi connectivity index (χ1n) is 6.45. The van der Waals surface area contributed by atoms with Crippen molar-refractivity contribution in [2.75, 3.05) is 10.0 Å². The molecule has 24 heavy (non-hydrogen) atoms. The SMILES string of the molecule is NC(=O)c1cc(S(=O)(=O)Nc2ccc(NC(=O)O)cc2)ccc1O. The summed E-state index contributed by atoms with van der Waals surface area (Å²) in [6.07, 6.45) is -1.24. The zero-order chi connectivity index (χ0) is 17.9. The van der Waals surface area contributed by atoms with Crippen LogP contribution in [0.4, 0.5) is 16.2 Å². The molecule has 0 aliphatic rings. The Kier molecular flexibility index (Phi) is 4.60. The van der Waals surface area contributed by atoms with Gasteiger partial charge in [0.15, 0.2) is 0 Å². The van der Waals surface area contributed by atoms with E-state index in [9.17, 15) is 23.1 Å². The van der Waals surface area contributed by atoms with Crippen molar-refractivity contribution in [3.8, 4) is 5.75 Å². The Balaban J connectivity index is 2.27. The lowest BCUT2D eigenvalue weighted by Gasteiger charge is -2.10. The fourth-order valence-electron chi connectivity index (χ4n) is 1.84. The molecular weight excluding hydrogens is 338 g/mol. The number of nitrogens with one attached hydrogen (secondary N) is 2. The summed E-state index contributed by atoms with van der Waals surface area (Å²) >= 11 is 0.